The maximum absolute atomic E-state index is 6.73. The quantitative estimate of drug-likeness (QED) is 0.189. The molecule has 0 rings (SSSR count). The van der Waals surface area contributed by atoms with E-state index in [1.807, 2.05) is 0 Å². The van der Waals surface area contributed by atoms with Gasteiger partial charge in [0.15, 0.2) is 0 Å². The van der Waals surface area contributed by atoms with Gasteiger partial charge in [0.2, 0.25) is 0 Å². The second kappa shape index (κ2) is 16.2. The molecule has 0 saturated carbocycles. The Morgan fingerprint density at radius 3 is 0.688 bits per heavy atom. The zero-order valence-electron chi connectivity index (χ0n) is 24.0. The van der Waals surface area contributed by atoms with Crippen LogP contribution in [-0.2, 0) is 11.8 Å². The Bertz CT molecular complexity index is 416. The number of rotatable bonds is 18. The third kappa shape index (κ3) is 17.0. The Hall–Kier alpha value is 0.530. The van der Waals surface area contributed by atoms with Crippen LogP contribution in [0.2, 0.25) is 0 Å². The number of hydrogen-bond acceptors (Lipinski definition) is 4. The van der Waals surface area contributed by atoms with Crippen LogP contribution in [0.3, 0.4) is 0 Å². The topological polar surface area (TPSA) is 9.72 Å². The van der Waals surface area contributed by atoms with E-state index in [9.17, 15) is 0 Å². The van der Waals surface area contributed by atoms with Gasteiger partial charge in [-0.15, -0.1) is 0 Å². The summed E-state index contributed by atoms with van der Waals surface area (Å²) in [5, 5.41) is 0. The predicted octanol–water partition coefficient (Wildman–Crippen LogP) is 7.18. The molecule has 0 bridgehead atoms. The van der Waals surface area contributed by atoms with E-state index < -0.39 is 6.04 Å². The van der Waals surface area contributed by atoms with Crippen LogP contribution in [0.25, 0.3) is 0 Å². The highest BCUT2D eigenvalue weighted by molar-refractivity contribution is 8.14. The van der Waals surface area contributed by atoms with Gasteiger partial charge in [0.25, 0.3) is 0 Å². The average Bonchev–Trinajstić information content (AvgIpc) is 2.49. The van der Waals surface area contributed by atoms with E-state index in [4.69, 9.17) is 11.8 Å². The molecule has 0 amide bonds. The zero-order valence-corrected chi connectivity index (χ0v) is 25.7. The van der Waals surface area contributed by atoms with Gasteiger partial charge in [0, 0.05) is 58.1 Å². The summed E-state index contributed by atoms with van der Waals surface area (Å²) in [4.78, 5) is 8.17. The molecule has 0 aromatic heterocycles. The molecule has 0 N–H and O–H groups in total. The first-order chi connectivity index (χ1) is 14.6. The zero-order chi connectivity index (χ0) is 25.1. The highest BCUT2D eigenvalue weighted by Gasteiger charge is 2.28. The smallest absolute Gasteiger partial charge is 0.0298 e. The fourth-order valence-electron chi connectivity index (χ4n) is 4.90. The maximum Gasteiger partial charge on any atom is 0.0298 e. The lowest BCUT2D eigenvalue weighted by molar-refractivity contribution is 0.229. The van der Waals surface area contributed by atoms with Crippen LogP contribution in [0, 0.1) is 35.5 Å². The van der Waals surface area contributed by atoms with Gasteiger partial charge in [-0.25, -0.2) is 0 Å². The van der Waals surface area contributed by atoms with Crippen molar-refractivity contribution in [3.8, 4) is 0 Å². The molecule has 194 valence electrons. The number of hydrogen-bond donors (Lipinski definition) is 0. The van der Waals surface area contributed by atoms with Gasteiger partial charge in [-0.3, -0.25) is 14.7 Å². The van der Waals surface area contributed by atoms with Gasteiger partial charge in [-0.2, -0.15) is 0 Å². The molecular formula is C27H60N3PS. The molecule has 0 atom stereocenters. The lowest BCUT2D eigenvalue weighted by Gasteiger charge is -2.40. The second-order valence-electron chi connectivity index (χ2n) is 13.0. The van der Waals surface area contributed by atoms with E-state index in [2.05, 4.69) is 97.8 Å². The van der Waals surface area contributed by atoms with Gasteiger partial charge in [0.1, 0.15) is 0 Å². The summed E-state index contributed by atoms with van der Waals surface area (Å²) in [7, 11) is 0. The maximum atomic E-state index is 6.73. The molecule has 0 aromatic rings. The highest BCUT2D eigenvalue weighted by Crippen LogP contribution is 2.48. The van der Waals surface area contributed by atoms with Gasteiger partial charge >= 0.3 is 0 Å². The fourth-order valence-corrected chi connectivity index (χ4v) is 9.51. The number of nitrogens with zero attached hydrogens (tertiary/aromatic N) is 3. The normalized spacial score (nSPS) is 13.7. The molecule has 3 nitrogen and oxygen atoms in total. The summed E-state index contributed by atoms with van der Waals surface area (Å²) < 4.78 is 0. The first-order valence-corrected chi connectivity index (χ1v) is 16.7. The molecule has 0 radical (unpaired) electrons. The Balaban J connectivity index is 5.93. The fraction of sp³-hybridized carbons (Fsp3) is 1.00. The van der Waals surface area contributed by atoms with Crippen molar-refractivity contribution >= 4 is 17.8 Å². The van der Waals surface area contributed by atoms with Gasteiger partial charge in [-0.1, -0.05) is 94.9 Å². The van der Waals surface area contributed by atoms with E-state index in [0.717, 1.165) is 18.9 Å². The monoisotopic (exact) mass is 489 g/mol. The Morgan fingerprint density at radius 1 is 0.406 bits per heavy atom. The van der Waals surface area contributed by atoms with Crippen molar-refractivity contribution in [2.45, 2.75) is 83.1 Å². The summed E-state index contributed by atoms with van der Waals surface area (Å²) in [6, 6.07) is -1.61. The Labute approximate surface area is 209 Å². The van der Waals surface area contributed by atoms with E-state index in [1.54, 1.807) is 0 Å². The summed E-state index contributed by atoms with van der Waals surface area (Å²) in [5.41, 5.74) is 0. The van der Waals surface area contributed by atoms with Crippen LogP contribution in [0.4, 0.5) is 0 Å². The van der Waals surface area contributed by atoms with Crippen LogP contribution in [0.15, 0.2) is 0 Å². The third-order valence-electron chi connectivity index (χ3n) is 5.11. The van der Waals surface area contributed by atoms with Crippen molar-refractivity contribution < 1.29 is 0 Å². The molecule has 0 aliphatic rings. The molecule has 0 spiro atoms. The SMILES string of the molecule is CC(C)CN(CC(C)C)CP(=S)(CN(CC(C)C)CC(C)C)CN(CC(C)C)CC(C)C. The highest BCUT2D eigenvalue weighted by atomic mass is 32.4. The van der Waals surface area contributed by atoms with Crippen molar-refractivity contribution in [3.05, 3.63) is 0 Å². The first-order valence-electron chi connectivity index (χ1n) is 13.4. The molecule has 0 fully saturated rings. The lowest BCUT2D eigenvalue weighted by Crippen LogP contribution is -2.40. The largest absolute Gasteiger partial charge is 0.298 e. The Kier molecular flexibility index (Phi) is 16.5. The molecule has 0 heterocycles. The molecule has 5 heteroatoms. The molecule has 0 aromatic carbocycles. The van der Waals surface area contributed by atoms with E-state index in [0.29, 0.717) is 35.5 Å². The van der Waals surface area contributed by atoms with Gasteiger partial charge in [0.05, 0.1) is 0 Å². The molecule has 32 heavy (non-hydrogen) atoms. The summed E-state index contributed by atoms with van der Waals surface area (Å²) >= 11 is 6.73. The Morgan fingerprint density at radius 2 is 0.562 bits per heavy atom. The van der Waals surface area contributed by atoms with E-state index >= 15 is 0 Å². The summed E-state index contributed by atoms with van der Waals surface area (Å²) in [6.45, 7) is 35.2. The van der Waals surface area contributed by atoms with Crippen LogP contribution >= 0.6 is 6.04 Å². The van der Waals surface area contributed by atoms with Crippen molar-refractivity contribution in [1.82, 2.24) is 14.7 Å². The molecular weight excluding hydrogens is 429 g/mol. The summed E-state index contributed by atoms with van der Waals surface area (Å²) in [5.74, 6) is 4.09. The van der Waals surface area contributed by atoms with Gasteiger partial charge in [-0.05, 0) is 41.5 Å². The standard InChI is InChI=1S/C27H60N3PS/c1-22(2)13-28(14-23(3)4)19-31(32,20-29(15-24(5)6)16-25(7)8)21-30(17-26(9)10)18-27(11)12/h22-27H,13-21H2,1-12H3. The van der Waals surface area contributed by atoms with Crippen molar-refractivity contribution in [1.29, 1.82) is 0 Å². The van der Waals surface area contributed by atoms with Crippen LogP contribution in [0.1, 0.15) is 83.1 Å². The van der Waals surface area contributed by atoms with Crippen molar-refractivity contribution in [2.24, 2.45) is 35.5 Å². The molecule has 0 unspecified atom stereocenters. The average molecular weight is 490 g/mol. The van der Waals surface area contributed by atoms with Gasteiger partial charge < -0.3 is 0 Å². The minimum Gasteiger partial charge on any atom is -0.298 e. The van der Waals surface area contributed by atoms with Crippen LogP contribution in [0.5, 0.6) is 0 Å². The summed E-state index contributed by atoms with van der Waals surface area (Å²) in [6.07, 6.45) is 3.37. The molecule has 0 saturated heterocycles. The molecule has 0 aliphatic heterocycles. The lowest BCUT2D eigenvalue weighted by atomic mass is 10.1. The third-order valence-corrected chi connectivity index (χ3v) is 8.90. The van der Waals surface area contributed by atoms with E-state index in [1.165, 1.54) is 39.3 Å². The van der Waals surface area contributed by atoms with Crippen molar-refractivity contribution in [3.63, 3.8) is 0 Å². The second-order valence-corrected chi connectivity index (χ2v) is 18.2. The minimum atomic E-state index is -1.61. The first kappa shape index (κ1) is 32.5. The van der Waals surface area contributed by atoms with Crippen molar-refractivity contribution in [2.75, 3.05) is 58.1 Å². The minimum absolute atomic E-state index is 0.682. The predicted molar refractivity (Wildman–Crippen MR) is 153 cm³/mol. The van der Waals surface area contributed by atoms with Crippen LogP contribution < -0.4 is 0 Å². The van der Waals surface area contributed by atoms with E-state index in [-0.39, 0.29) is 0 Å². The van der Waals surface area contributed by atoms with Crippen LogP contribution in [-0.4, -0.2) is 72.8 Å². The molecule has 0 aliphatic carbocycles.